The van der Waals surface area contributed by atoms with Gasteiger partial charge in [-0.2, -0.15) is 0 Å². The van der Waals surface area contributed by atoms with Gasteiger partial charge < -0.3 is 20.2 Å². The third-order valence-electron chi connectivity index (χ3n) is 2.96. The molecule has 0 aliphatic rings. The lowest BCUT2D eigenvalue weighted by molar-refractivity contribution is -0.131. The maximum absolute atomic E-state index is 12.3. The van der Waals surface area contributed by atoms with Crippen LogP contribution in [0.2, 0.25) is 0 Å². The van der Waals surface area contributed by atoms with Gasteiger partial charge in [0.25, 0.3) is 5.91 Å². The number of aliphatic hydroxyl groups is 2. The minimum Gasteiger partial charge on any atom is -0.478 e. The zero-order chi connectivity index (χ0) is 15.8. The van der Waals surface area contributed by atoms with E-state index in [1.807, 2.05) is 6.92 Å². The van der Waals surface area contributed by atoms with Crippen molar-refractivity contribution in [1.29, 1.82) is 0 Å². The van der Waals surface area contributed by atoms with Crippen LogP contribution in [0.25, 0.3) is 6.08 Å². The number of carbonyl (C=O) groups is 2. The van der Waals surface area contributed by atoms with E-state index in [0.29, 0.717) is 11.1 Å². The van der Waals surface area contributed by atoms with E-state index in [1.165, 1.54) is 11.0 Å². The Labute approximate surface area is 122 Å². The molecule has 0 radical (unpaired) electrons. The van der Waals surface area contributed by atoms with E-state index in [9.17, 15) is 9.59 Å². The van der Waals surface area contributed by atoms with Crippen LogP contribution in [0.3, 0.4) is 0 Å². The predicted octanol–water partition coefficient (Wildman–Crippen LogP) is 0.520. The fraction of sp³-hybridized carbons (Fsp3) is 0.333. The highest BCUT2D eigenvalue weighted by atomic mass is 16.4. The Morgan fingerprint density at radius 3 is 2.33 bits per heavy atom. The molecule has 0 heterocycles. The Hall–Kier alpha value is -2.18. The van der Waals surface area contributed by atoms with Crippen LogP contribution < -0.4 is 0 Å². The molecule has 0 aromatic heterocycles. The molecule has 0 atom stereocenters. The van der Waals surface area contributed by atoms with Crippen LogP contribution in [-0.2, 0) is 4.79 Å². The zero-order valence-corrected chi connectivity index (χ0v) is 11.8. The number of aryl methyl sites for hydroxylation is 1. The van der Waals surface area contributed by atoms with Crippen molar-refractivity contribution in [2.45, 2.75) is 6.92 Å². The quantitative estimate of drug-likeness (QED) is 0.637. The van der Waals surface area contributed by atoms with Gasteiger partial charge >= 0.3 is 5.97 Å². The molecule has 0 unspecified atom stereocenters. The number of nitrogens with zero attached hydrogens (tertiary/aromatic N) is 1. The van der Waals surface area contributed by atoms with E-state index in [-0.39, 0.29) is 32.2 Å². The maximum atomic E-state index is 12.3. The molecule has 0 fully saturated rings. The lowest BCUT2D eigenvalue weighted by Crippen LogP contribution is -2.35. The monoisotopic (exact) mass is 293 g/mol. The molecule has 21 heavy (non-hydrogen) atoms. The van der Waals surface area contributed by atoms with E-state index in [2.05, 4.69) is 0 Å². The highest BCUT2D eigenvalue weighted by Gasteiger charge is 2.15. The molecule has 0 saturated heterocycles. The van der Waals surface area contributed by atoms with Crippen LogP contribution >= 0.6 is 0 Å². The third-order valence-corrected chi connectivity index (χ3v) is 2.96. The smallest absolute Gasteiger partial charge is 0.328 e. The van der Waals surface area contributed by atoms with Crippen molar-refractivity contribution in [3.05, 3.63) is 41.0 Å². The number of aliphatic hydroxyl groups excluding tert-OH is 2. The molecule has 1 aromatic carbocycles. The van der Waals surface area contributed by atoms with Crippen LogP contribution in [0.1, 0.15) is 21.5 Å². The van der Waals surface area contributed by atoms with Crippen LogP contribution in [0.4, 0.5) is 0 Å². The minimum absolute atomic E-state index is 0.133. The van der Waals surface area contributed by atoms with Gasteiger partial charge in [0.15, 0.2) is 0 Å². The van der Waals surface area contributed by atoms with Crippen LogP contribution in [-0.4, -0.2) is 58.4 Å². The minimum atomic E-state index is -1.06. The summed E-state index contributed by atoms with van der Waals surface area (Å²) in [4.78, 5) is 24.2. The number of carboxylic acid groups (broad SMARTS) is 1. The number of amides is 1. The van der Waals surface area contributed by atoms with E-state index >= 15 is 0 Å². The fourth-order valence-electron chi connectivity index (χ4n) is 1.85. The molecule has 1 rings (SSSR count). The summed E-state index contributed by atoms with van der Waals surface area (Å²) < 4.78 is 0. The number of benzene rings is 1. The van der Waals surface area contributed by atoms with E-state index in [0.717, 1.165) is 11.6 Å². The average Bonchev–Trinajstić information content (AvgIpc) is 2.45. The van der Waals surface area contributed by atoms with Crippen molar-refractivity contribution < 1.29 is 24.9 Å². The van der Waals surface area contributed by atoms with Crippen LogP contribution in [0.15, 0.2) is 24.3 Å². The Morgan fingerprint density at radius 2 is 1.81 bits per heavy atom. The predicted molar refractivity (Wildman–Crippen MR) is 77.9 cm³/mol. The Kier molecular flexibility index (Phi) is 6.58. The number of rotatable bonds is 7. The van der Waals surface area contributed by atoms with E-state index in [4.69, 9.17) is 15.3 Å². The fourth-order valence-corrected chi connectivity index (χ4v) is 1.85. The van der Waals surface area contributed by atoms with Gasteiger partial charge in [0.2, 0.25) is 0 Å². The summed E-state index contributed by atoms with van der Waals surface area (Å²) in [5, 5.41) is 26.6. The second kappa shape index (κ2) is 8.18. The van der Waals surface area contributed by atoms with Crippen LogP contribution in [0, 0.1) is 6.92 Å². The highest BCUT2D eigenvalue weighted by Crippen LogP contribution is 2.15. The Morgan fingerprint density at radius 1 is 1.19 bits per heavy atom. The number of hydrogen-bond donors (Lipinski definition) is 3. The standard InChI is InChI=1S/C15H19NO5/c1-11-2-3-13(10-12(11)4-5-14(19)20)15(21)16(6-8-17)7-9-18/h2-5,10,17-18H,6-9H2,1H3,(H,19,20)/b5-4+. The van der Waals surface area contributed by atoms with Crippen molar-refractivity contribution in [2.24, 2.45) is 0 Å². The van der Waals surface area contributed by atoms with Gasteiger partial charge in [-0.15, -0.1) is 0 Å². The summed E-state index contributed by atoms with van der Waals surface area (Å²) in [7, 11) is 0. The summed E-state index contributed by atoms with van der Waals surface area (Å²) in [5.74, 6) is -1.38. The molecular weight excluding hydrogens is 274 g/mol. The molecule has 1 aromatic rings. The molecule has 3 N–H and O–H groups in total. The van der Waals surface area contributed by atoms with Gasteiger partial charge in [0.1, 0.15) is 0 Å². The van der Waals surface area contributed by atoms with Gasteiger partial charge in [-0.1, -0.05) is 6.07 Å². The Balaban J connectivity index is 3.04. The van der Waals surface area contributed by atoms with Crippen molar-refractivity contribution in [3.63, 3.8) is 0 Å². The SMILES string of the molecule is Cc1ccc(C(=O)N(CCO)CCO)cc1/C=C/C(=O)O. The number of carboxylic acids is 1. The molecule has 114 valence electrons. The summed E-state index contributed by atoms with van der Waals surface area (Å²) in [6.45, 7) is 1.70. The first-order chi connectivity index (χ1) is 9.99. The van der Waals surface area contributed by atoms with Gasteiger partial charge in [-0.25, -0.2) is 4.79 Å². The molecule has 0 aliphatic heterocycles. The molecular formula is C15H19NO5. The maximum Gasteiger partial charge on any atom is 0.328 e. The first kappa shape index (κ1) is 16.9. The van der Waals surface area contributed by atoms with Crippen LogP contribution in [0.5, 0.6) is 0 Å². The lowest BCUT2D eigenvalue weighted by Gasteiger charge is -2.21. The summed E-state index contributed by atoms with van der Waals surface area (Å²) in [5.41, 5.74) is 1.86. The third kappa shape index (κ3) is 5.02. The number of carbonyl (C=O) groups excluding carboxylic acids is 1. The molecule has 0 bridgehead atoms. The molecule has 0 saturated carbocycles. The molecule has 6 heteroatoms. The number of aliphatic carboxylic acids is 1. The molecule has 1 amide bonds. The second-order valence-electron chi connectivity index (χ2n) is 4.48. The van der Waals surface area contributed by atoms with Crippen molar-refractivity contribution >= 4 is 18.0 Å². The molecule has 0 aliphatic carbocycles. The first-order valence-corrected chi connectivity index (χ1v) is 6.52. The normalized spacial score (nSPS) is 10.8. The summed E-state index contributed by atoms with van der Waals surface area (Å²) in [6, 6.07) is 4.96. The zero-order valence-electron chi connectivity index (χ0n) is 11.8. The van der Waals surface area contributed by atoms with E-state index in [1.54, 1.807) is 18.2 Å². The topological polar surface area (TPSA) is 98.1 Å². The number of hydrogen-bond acceptors (Lipinski definition) is 4. The van der Waals surface area contributed by atoms with Gasteiger partial charge in [-0.05, 0) is 36.3 Å². The van der Waals surface area contributed by atoms with Crippen molar-refractivity contribution in [2.75, 3.05) is 26.3 Å². The summed E-state index contributed by atoms with van der Waals surface area (Å²) in [6.07, 6.45) is 2.44. The Bertz CT molecular complexity index is 533. The highest BCUT2D eigenvalue weighted by molar-refractivity contribution is 5.95. The molecule has 0 spiro atoms. The first-order valence-electron chi connectivity index (χ1n) is 6.52. The average molecular weight is 293 g/mol. The van der Waals surface area contributed by atoms with Gasteiger partial charge in [0, 0.05) is 24.7 Å². The summed E-state index contributed by atoms with van der Waals surface area (Å²) >= 11 is 0. The van der Waals surface area contributed by atoms with Crippen molar-refractivity contribution in [3.8, 4) is 0 Å². The largest absolute Gasteiger partial charge is 0.478 e. The van der Waals surface area contributed by atoms with E-state index < -0.39 is 5.97 Å². The second-order valence-corrected chi connectivity index (χ2v) is 4.48. The van der Waals surface area contributed by atoms with Gasteiger partial charge in [0.05, 0.1) is 13.2 Å². The lowest BCUT2D eigenvalue weighted by atomic mass is 10.0. The van der Waals surface area contributed by atoms with Gasteiger partial charge in [-0.3, -0.25) is 4.79 Å². The van der Waals surface area contributed by atoms with Crippen molar-refractivity contribution in [1.82, 2.24) is 4.90 Å². The molecule has 6 nitrogen and oxygen atoms in total.